The fraction of sp³-hybridized carbons (Fsp3) is 0.0909. The second kappa shape index (κ2) is 8.00. The molecule has 1 aromatic heterocycles. The van der Waals surface area contributed by atoms with Gasteiger partial charge in [0.05, 0.1) is 10.2 Å². The van der Waals surface area contributed by atoms with Gasteiger partial charge in [0.25, 0.3) is 5.91 Å². The zero-order chi connectivity index (χ0) is 19.5. The zero-order valence-electron chi connectivity index (χ0n) is 15.0. The Morgan fingerprint density at radius 2 is 1.93 bits per heavy atom. The van der Waals surface area contributed by atoms with E-state index in [9.17, 15) is 4.79 Å². The number of hydrogen-bond acceptors (Lipinski definition) is 3. The smallest absolute Gasteiger partial charge is 0.286 e. The van der Waals surface area contributed by atoms with Gasteiger partial charge in [0.15, 0.2) is 11.4 Å². The molecule has 0 aliphatic heterocycles. The Balaban J connectivity index is 1.70. The van der Waals surface area contributed by atoms with Gasteiger partial charge < -0.3 is 9.30 Å². The van der Waals surface area contributed by atoms with Crippen molar-refractivity contribution in [3.05, 3.63) is 83.1 Å². The highest BCUT2D eigenvalue weighted by atomic mass is 35.5. The van der Waals surface area contributed by atoms with Crippen LogP contribution in [0.2, 0.25) is 5.02 Å². The van der Waals surface area contributed by atoms with Crippen molar-refractivity contribution in [3.63, 3.8) is 0 Å². The number of fused-ring (bicyclic) bond motifs is 3. The molecule has 4 rings (SSSR count). The van der Waals surface area contributed by atoms with Gasteiger partial charge in [0.2, 0.25) is 0 Å². The summed E-state index contributed by atoms with van der Waals surface area (Å²) in [5.74, 6) is 0.234. The van der Waals surface area contributed by atoms with Crippen molar-refractivity contribution in [3.8, 4) is 5.75 Å². The highest BCUT2D eigenvalue weighted by Crippen LogP contribution is 2.27. The summed E-state index contributed by atoms with van der Waals surface area (Å²) in [6.45, 7) is 4.27. The predicted molar refractivity (Wildman–Crippen MR) is 115 cm³/mol. The lowest BCUT2D eigenvalue weighted by molar-refractivity contribution is -0.120. The summed E-state index contributed by atoms with van der Waals surface area (Å²) in [4.78, 5) is 17.3. The van der Waals surface area contributed by atoms with E-state index in [2.05, 4.69) is 35.8 Å². The molecule has 0 aliphatic rings. The second-order valence-corrected chi connectivity index (χ2v) is 7.58. The quantitative estimate of drug-likeness (QED) is 0.426. The Morgan fingerprint density at radius 1 is 1.14 bits per heavy atom. The van der Waals surface area contributed by atoms with Crippen LogP contribution in [0.15, 0.2) is 78.3 Å². The third kappa shape index (κ3) is 3.72. The molecule has 140 valence electrons. The van der Waals surface area contributed by atoms with Crippen LogP contribution < -0.4 is 9.54 Å². The van der Waals surface area contributed by atoms with E-state index >= 15 is 0 Å². The number of rotatable bonds is 5. The van der Waals surface area contributed by atoms with Gasteiger partial charge in [-0.15, -0.1) is 6.58 Å². The fourth-order valence-electron chi connectivity index (χ4n) is 3.00. The number of amides is 1. The molecule has 1 heterocycles. The third-order valence-corrected chi connectivity index (χ3v) is 5.66. The normalized spacial score (nSPS) is 11.8. The molecule has 3 aromatic carbocycles. The number of hydrogen-bond donors (Lipinski definition) is 0. The first-order chi connectivity index (χ1) is 13.7. The van der Waals surface area contributed by atoms with Gasteiger partial charge in [-0.3, -0.25) is 4.79 Å². The number of benzene rings is 3. The van der Waals surface area contributed by atoms with Gasteiger partial charge in [-0.05, 0) is 35.7 Å². The van der Waals surface area contributed by atoms with Crippen molar-refractivity contribution >= 4 is 49.8 Å². The molecule has 0 saturated carbocycles. The molecule has 6 heteroatoms. The van der Waals surface area contributed by atoms with Crippen molar-refractivity contribution in [2.45, 2.75) is 6.54 Å². The minimum absolute atomic E-state index is 0.134. The summed E-state index contributed by atoms with van der Waals surface area (Å²) in [7, 11) is 0. The van der Waals surface area contributed by atoms with Gasteiger partial charge in [-0.2, -0.15) is 4.99 Å². The van der Waals surface area contributed by atoms with E-state index in [0.29, 0.717) is 22.1 Å². The first kappa shape index (κ1) is 18.5. The van der Waals surface area contributed by atoms with Crippen LogP contribution >= 0.6 is 22.9 Å². The molecule has 0 saturated heterocycles. The van der Waals surface area contributed by atoms with E-state index in [-0.39, 0.29) is 12.5 Å². The van der Waals surface area contributed by atoms with Crippen LogP contribution in [0, 0.1) is 0 Å². The van der Waals surface area contributed by atoms with Crippen LogP contribution in [0.25, 0.3) is 21.0 Å². The minimum Gasteiger partial charge on any atom is -0.484 e. The minimum atomic E-state index is -0.344. The van der Waals surface area contributed by atoms with Crippen molar-refractivity contribution in [1.29, 1.82) is 0 Å². The molecule has 0 atom stereocenters. The van der Waals surface area contributed by atoms with Crippen molar-refractivity contribution in [2.24, 2.45) is 4.99 Å². The summed E-state index contributed by atoms with van der Waals surface area (Å²) in [6, 6.07) is 19.2. The largest absolute Gasteiger partial charge is 0.484 e. The van der Waals surface area contributed by atoms with Crippen LogP contribution in [0.4, 0.5) is 0 Å². The van der Waals surface area contributed by atoms with Crippen molar-refractivity contribution in [1.82, 2.24) is 4.57 Å². The van der Waals surface area contributed by atoms with Gasteiger partial charge in [-0.25, -0.2) is 0 Å². The Bertz CT molecular complexity index is 1240. The molecule has 0 fully saturated rings. The van der Waals surface area contributed by atoms with E-state index in [0.717, 1.165) is 21.0 Å². The number of halogens is 1. The molecule has 0 N–H and O–H groups in total. The van der Waals surface area contributed by atoms with Crippen molar-refractivity contribution < 1.29 is 9.53 Å². The summed E-state index contributed by atoms with van der Waals surface area (Å²) < 4.78 is 8.61. The van der Waals surface area contributed by atoms with E-state index < -0.39 is 0 Å². The molecular formula is C22H17ClN2O2S. The van der Waals surface area contributed by atoms with Crippen LogP contribution in [-0.2, 0) is 11.3 Å². The van der Waals surface area contributed by atoms with Crippen molar-refractivity contribution in [2.75, 3.05) is 6.61 Å². The Labute approximate surface area is 171 Å². The summed E-state index contributed by atoms with van der Waals surface area (Å²) >= 11 is 7.36. The number of carbonyl (C=O) groups excluding carboxylic acids is 1. The lowest BCUT2D eigenvalue weighted by atomic mass is 10.1. The van der Waals surface area contributed by atoms with Crippen LogP contribution in [0.1, 0.15) is 0 Å². The van der Waals surface area contributed by atoms with Crippen LogP contribution in [-0.4, -0.2) is 17.1 Å². The van der Waals surface area contributed by atoms with E-state index in [4.69, 9.17) is 16.3 Å². The SMILES string of the molecule is C=CCn1c(=NC(=O)COc2ccc(Cl)cc2)sc2c3ccccc3ccc21. The lowest BCUT2D eigenvalue weighted by Gasteiger charge is -2.04. The van der Waals surface area contributed by atoms with Crippen LogP contribution in [0.5, 0.6) is 5.75 Å². The van der Waals surface area contributed by atoms with E-state index in [1.54, 1.807) is 30.3 Å². The third-order valence-electron chi connectivity index (χ3n) is 4.28. The molecule has 28 heavy (non-hydrogen) atoms. The molecule has 4 aromatic rings. The lowest BCUT2D eigenvalue weighted by Crippen LogP contribution is -2.19. The first-order valence-electron chi connectivity index (χ1n) is 8.73. The van der Waals surface area contributed by atoms with Gasteiger partial charge in [-0.1, -0.05) is 59.3 Å². The first-order valence-corrected chi connectivity index (χ1v) is 9.93. The average Bonchev–Trinajstić information content (AvgIpc) is 3.05. The predicted octanol–water partition coefficient (Wildman–Crippen LogP) is 5.20. The number of carbonyl (C=O) groups is 1. The Kier molecular flexibility index (Phi) is 5.28. The second-order valence-electron chi connectivity index (χ2n) is 6.17. The zero-order valence-corrected chi connectivity index (χ0v) is 16.5. The standard InChI is InChI=1S/C22H17ClN2O2S/c1-2-13-25-19-12-7-15-5-3-4-6-18(15)21(19)28-22(25)24-20(26)14-27-17-10-8-16(23)9-11-17/h2-12H,1,13-14H2. The maximum absolute atomic E-state index is 12.4. The van der Waals surface area contributed by atoms with Gasteiger partial charge in [0.1, 0.15) is 5.75 Å². The fourth-order valence-corrected chi connectivity index (χ4v) is 4.32. The number of nitrogens with zero attached hydrogens (tertiary/aromatic N) is 2. The molecular weight excluding hydrogens is 392 g/mol. The Hall–Kier alpha value is -2.89. The molecule has 0 spiro atoms. The van der Waals surface area contributed by atoms with Gasteiger partial charge in [0, 0.05) is 17.0 Å². The van der Waals surface area contributed by atoms with E-state index in [1.807, 2.05) is 16.7 Å². The highest BCUT2D eigenvalue weighted by molar-refractivity contribution is 7.17. The molecule has 0 unspecified atom stereocenters. The number of thiazole rings is 1. The Morgan fingerprint density at radius 3 is 2.71 bits per heavy atom. The summed E-state index contributed by atoms with van der Waals surface area (Å²) in [6.07, 6.45) is 1.80. The maximum Gasteiger partial charge on any atom is 0.286 e. The average molecular weight is 409 g/mol. The van der Waals surface area contributed by atoms with E-state index in [1.165, 1.54) is 11.3 Å². The molecule has 0 bridgehead atoms. The highest BCUT2D eigenvalue weighted by Gasteiger charge is 2.10. The van der Waals surface area contributed by atoms with Gasteiger partial charge >= 0.3 is 0 Å². The monoisotopic (exact) mass is 408 g/mol. The van der Waals surface area contributed by atoms with Crippen LogP contribution in [0.3, 0.4) is 0 Å². The summed E-state index contributed by atoms with van der Waals surface area (Å²) in [5, 5.41) is 2.92. The number of aromatic nitrogens is 1. The molecule has 0 radical (unpaired) electrons. The number of allylic oxidation sites excluding steroid dienone is 1. The maximum atomic E-state index is 12.4. The molecule has 1 amide bonds. The summed E-state index contributed by atoms with van der Waals surface area (Å²) in [5.41, 5.74) is 1.04. The molecule has 0 aliphatic carbocycles. The molecule has 4 nitrogen and oxygen atoms in total. The topological polar surface area (TPSA) is 43.6 Å². The number of ether oxygens (including phenoxy) is 1.